The molecule has 0 saturated heterocycles. The minimum atomic E-state index is -1.12. The van der Waals surface area contributed by atoms with Gasteiger partial charge in [-0.25, -0.2) is 4.79 Å². The number of phenols is 1. The van der Waals surface area contributed by atoms with Gasteiger partial charge in [0.2, 0.25) is 5.91 Å². The molecule has 1 aromatic carbocycles. The summed E-state index contributed by atoms with van der Waals surface area (Å²) in [5, 5.41) is 20.9. The van der Waals surface area contributed by atoms with E-state index in [4.69, 9.17) is 5.73 Å². The van der Waals surface area contributed by atoms with Gasteiger partial charge < -0.3 is 21.3 Å². The summed E-state index contributed by atoms with van der Waals surface area (Å²) in [6.45, 7) is 3.77. The van der Waals surface area contributed by atoms with Gasteiger partial charge in [-0.15, -0.1) is 0 Å². The second-order valence-corrected chi connectivity index (χ2v) is 5.18. The molecule has 1 amide bonds. The Morgan fingerprint density at radius 3 is 2.33 bits per heavy atom. The van der Waals surface area contributed by atoms with Crippen molar-refractivity contribution >= 4 is 11.9 Å². The van der Waals surface area contributed by atoms with E-state index in [1.54, 1.807) is 12.1 Å². The highest BCUT2D eigenvalue weighted by atomic mass is 16.4. The number of aromatic hydroxyl groups is 1. The van der Waals surface area contributed by atoms with Crippen LogP contribution in [0.15, 0.2) is 24.3 Å². The van der Waals surface area contributed by atoms with Crippen molar-refractivity contribution in [2.75, 3.05) is 0 Å². The van der Waals surface area contributed by atoms with E-state index in [0.29, 0.717) is 5.56 Å². The van der Waals surface area contributed by atoms with Crippen molar-refractivity contribution in [1.82, 2.24) is 5.32 Å². The van der Waals surface area contributed by atoms with Crippen molar-refractivity contribution in [3.05, 3.63) is 29.8 Å². The quantitative estimate of drug-likeness (QED) is 0.596. The summed E-state index contributed by atoms with van der Waals surface area (Å²) in [4.78, 5) is 23.2. The lowest BCUT2D eigenvalue weighted by molar-refractivity contribution is -0.142. The SMILES string of the molecule is CC[C@H](C)[C@@H](N)C(=O)N[C@@H](Cc1ccc(O)cc1)C(=O)O. The average molecular weight is 294 g/mol. The topological polar surface area (TPSA) is 113 Å². The molecule has 116 valence electrons. The van der Waals surface area contributed by atoms with E-state index in [-0.39, 0.29) is 18.1 Å². The van der Waals surface area contributed by atoms with Gasteiger partial charge in [0.15, 0.2) is 0 Å². The molecule has 0 saturated carbocycles. The molecule has 5 N–H and O–H groups in total. The van der Waals surface area contributed by atoms with Crippen LogP contribution < -0.4 is 11.1 Å². The van der Waals surface area contributed by atoms with Crippen LogP contribution in [0.1, 0.15) is 25.8 Å². The molecule has 21 heavy (non-hydrogen) atoms. The number of rotatable bonds is 7. The van der Waals surface area contributed by atoms with Gasteiger partial charge in [-0.2, -0.15) is 0 Å². The first-order valence-electron chi connectivity index (χ1n) is 6.91. The van der Waals surface area contributed by atoms with E-state index < -0.39 is 24.0 Å². The number of benzene rings is 1. The Balaban J connectivity index is 2.72. The number of carbonyl (C=O) groups excluding carboxylic acids is 1. The van der Waals surface area contributed by atoms with E-state index in [0.717, 1.165) is 6.42 Å². The molecule has 0 aliphatic heterocycles. The molecule has 0 aliphatic carbocycles. The number of nitrogens with one attached hydrogen (secondary N) is 1. The summed E-state index contributed by atoms with van der Waals surface area (Å²) in [7, 11) is 0. The Labute approximate surface area is 124 Å². The lowest BCUT2D eigenvalue weighted by atomic mass is 9.98. The van der Waals surface area contributed by atoms with Gasteiger partial charge in [-0.05, 0) is 23.6 Å². The van der Waals surface area contributed by atoms with Crippen LogP contribution in [0.5, 0.6) is 5.75 Å². The van der Waals surface area contributed by atoms with Crippen molar-refractivity contribution < 1.29 is 19.8 Å². The lowest BCUT2D eigenvalue weighted by Gasteiger charge is -2.21. The largest absolute Gasteiger partial charge is 0.508 e. The monoisotopic (exact) mass is 294 g/mol. The van der Waals surface area contributed by atoms with E-state index in [9.17, 15) is 19.8 Å². The zero-order valence-corrected chi connectivity index (χ0v) is 12.2. The molecule has 0 unspecified atom stereocenters. The molecule has 6 nitrogen and oxygen atoms in total. The molecular formula is C15H22N2O4. The van der Waals surface area contributed by atoms with Gasteiger partial charge >= 0.3 is 5.97 Å². The second-order valence-electron chi connectivity index (χ2n) is 5.18. The molecule has 0 radical (unpaired) electrons. The predicted molar refractivity (Wildman–Crippen MR) is 78.8 cm³/mol. The molecule has 1 aromatic rings. The van der Waals surface area contributed by atoms with Crippen molar-refractivity contribution in [1.29, 1.82) is 0 Å². The molecule has 0 heterocycles. The number of nitrogens with two attached hydrogens (primary N) is 1. The second kappa shape index (κ2) is 7.64. The number of amides is 1. The maximum absolute atomic E-state index is 12.0. The predicted octanol–water partition coefficient (Wildman–Crippen LogP) is 0.877. The number of phenolic OH excluding ortho intramolecular Hbond substituents is 1. The van der Waals surface area contributed by atoms with Crippen LogP contribution in [0, 0.1) is 5.92 Å². The van der Waals surface area contributed by atoms with E-state index in [2.05, 4.69) is 5.32 Å². The van der Waals surface area contributed by atoms with Crippen molar-refractivity contribution in [2.24, 2.45) is 11.7 Å². The zero-order chi connectivity index (χ0) is 16.0. The minimum absolute atomic E-state index is 0.0203. The number of carboxylic acids is 1. The van der Waals surface area contributed by atoms with Gasteiger partial charge in [0.25, 0.3) is 0 Å². The van der Waals surface area contributed by atoms with Crippen LogP contribution in [0.2, 0.25) is 0 Å². The fourth-order valence-corrected chi connectivity index (χ4v) is 1.85. The van der Waals surface area contributed by atoms with Crippen LogP contribution >= 0.6 is 0 Å². The lowest BCUT2D eigenvalue weighted by Crippen LogP contribution is -2.51. The maximum Gasteiger partial charge on any atom is 0.326 e. The average Bonchev–Trinajstić information content (AvgIpc) is 2.46. The number of hydrogen-bond acceptors (Lipinski definition) is 4. The van der Waals surface area contributed by atoms with Gasteiger partial charge in [-0.3, -0.25) is 4.79 Å². The van der Waals surface area contributed by atoms with Gasteiger partial charge in [-0.1, -0.05) is 32.4 Å². The third-order valence-corrected chi connectivity index (χ3v) is 3.55. The fourth-order valence-electron chi connectivity index (χ4n) is 1.85. The highest BCUT2D eigenvalue weighted by Crippen LogP contribution is 2.12. The highest BCUT2D eigenvalue weighted by Gasteiger charge is 2.25. The van der Waals surface area contributed by atoms with Gasteiger partial charge in [0.1, 0.15) is 11.8 Å². The molecule has 0 aromatic heterocycles. The Bertz CT molecular complexity index is 487. The Morgan fingerprint density at radius 2 is 1.86 bits per heavy atom. The standard InChI is InChI=1S/C15H22N2O4/c1-3-9(2)13(16)14(19)17-12(15(20)21)8-10-4-6-11(18)7-5-10/h4-7,9,12-13,18H,3,8,16H2,1-2H3,(H,17,19)(H,20,21)/t9-,12-,13+/m0/s1. The van der Waals surface area contributed by atoms with Crippen LogP contribution in [-0.2, 0) is 16.0 Å². The number of hydrogen-bond donors (Lipinski definition) is 4. The first-order chi connectivity index (χ1) is 9.85. The molecule has 0 aliphatic rings. The van der Waals surface area contributed by atoms with Crippen LogP contribution in [0.3, 0.4) is 0 Å². The third-order valence-electron chi connectivity index (χ3n) is 3.55. The summed E-state index contributed by atoms with van der Waals surface area (Å²) in [6.07, 6.45) is 0.874. The van der Waals surface area contributed by atoms with Crippen molar-refractivity contribution in [3.63, 3.8) is 0 Å². The summed E-state index contributed by atoms with van der Waals surface area (Å²) in [5.41, 5.74) is 6.50. The van der Waals surface area contributed by atoms with Crippen molar-refractivity contribution in [3.8, 4) is 5.75 Å². The normalized spacial score (nSPS) is 15.0. The summed E-state index contributed by atoms with van der Waals surface area (Å²) >= 11 is 0. The molecule has 1 rings (SSSR count). The Hall–Kier alpha value is -2.08. The van der Waals surface area contributed by atoms with E-state index >= 15 is 0 Å². The molecular weight excluding hydrogens is 272 g/mol. The Morgan fingerprint density at radius 1 is 1.29 bits per heavy atom. The minimum Gasteiger partial charge on any atom is -0.508 e. The summed E-state index contributed by atoms with van der Waals surface area (Å²) in [6, 6.07) is 4.41. The molecule has 6 heteroatoms. The van der Waals surface area contributed by atoms with Crippen LogP contribution in [-0.4, -0.2) is 34.2 Å². The van der Waals surface area contributed by atoms with Crippen LogP contribution in [0.4, 0.5) is 0 Å². The highest BCUT2D eigenvalue weighted by molar-refractivity contribution is 5.87. The number of carboxylic acid groups (broad SMARTS) is 1. The third kappa shape index (κ3) is 5.07. The van der Waals surface area contributed by atoms with E-state index in [1.165, 1.54) is 12.1 Å². The molecule has 3 atom stereocenters. The van der Waals surface area contributed by atoms with Crippen molar-refractivity contribution in [2.45, 2.75) is 38.8 Å². The Kier molecular flexibility index (Phi) is 6.17. The first kappa shape index (κ1) is 17.0. The molecule has 0 fully saturated rings. The summed E-state index contributed by atoms with van der Waals surface area (Å²) < 4.78 is 0. The van der Waals surface area contributed by atoms with Crippen LogP contribution in [0.25, 0.3) is 0 Å². The maximum atomic E-state index is 12.0. The zero-order valence-electron chi connectivity index (χ0n) is 12.2. The smallest absolute Gasteiger partial charge is 0.326 e. The van der Waals surface area contributed by atoms with Gasteiger partial charge in [0.05, 0.1) is 6.04 Å². The number of carbonyl (C=O) groups is 2. The summed E-state index contributed by atoms with van der Waals surface area (Å²) in [5.74, 6) is -1.50. The molecule has 0 spiro atoms. The first-order valence-corrected chi connectivity index (χ1v) is 6.91. The fraction of sp³-hybridized carbons (Fsp3) is 0.467. The number of aliphatic carboxylic acids is 1. The molecule has 0 bridgehead atoms. The van der Waals surface area contributed by atoms with E-state index in [1.807, 2.05) is 13.8 Å². The van der Waals surface area contributed by atoms with Gasteiger partial charge in [0, 0.05) is 6.42 Å².